The third kappa shape index (κ3) is 1.70. The number of fused-ring (bicyclic) bond motifs is 1. The maximum absolute atomic E-state index is 5.78. The molecular weight excluding hydrogens is 202 g/mol. The molecule has 0 aliphatic carbocycles. The van der Waals surface area contributed by atoms with Crippen LogP contribution in [0, 0.1) is 0 Å². The zero-order chi connectivity index (χ0) is 10.2. The van der Waals surface area contributed by atoms with Gasteiger partial charge in [-0.05, 0) is 5.56 Å². The van der Waals surface area contributed by atoms with E-state index in [1.165, 1.54) is 0 Å². The highest BCUT2D eigenvalue weighted by molar-refractivity contribution is 6.17. The van der Waals surface area contributed by atoms with E-state index in [0.717, 1.165) is 16.9 Å². The van der Waals surface area contributed by atoms with Crippen LogP contribution in [0.25, 0.3) is 0 Å². The maximum atomic E-state index is 5.78. The predicted octanol–water partition coefficient (Wildman–Crippen LogP) is 2.47. The molecule has 2 rings (SSSR count). The highest BCUT2D eigenvalue weighted by Crippen LogP contribution is 2.32. The van der Waals surface area contributed by atoms with Crippen LogP contribution in [0.15, 0.2) is 12.4 Å². The summed E-state index contributed by atoms with van der Waals surface area (Å²) in [5.74, 6) is 0.641. The molecule has 14 heavy (non-hydrogen) atoms. The summed E-state index contributed by atoms with van der Waals surface area (Å²) in [6.07, 6.45) is 3.45. The molecule has 0 amide bonds. The molecule has 0 saturated heterocycles. The van der Waals surface area contributed by atoms with E-state index in [0.29, 0.717) is 12.5 Å². The van der Waals surface area contributed by atoms with Crippen molar-refractivity contribution in [2.24, 2.45) is 0 Å². The van der Waals surface area contributed by atoms with E-state index < -0.39 is 5.79 Å². The Balaban J connectivity index is 2.40. The van der Waals surface area contributed by atoms with E-state index in [2.05, 4.69) is 4.98 Å². The summed E-state index contributed by atoms with van der Waals surface area (Å²) in [6, 6.07) is 0. The highest BCUT2D eigenvalue weighted by atomic mass is 35.5. The number of ether oxygens (including phenoxy) is 2. The van der Waals surface area contributed by atoms with Gasteiger partial charge in [0, 0.05) is 31.5 Å². The SMILES string of the molecule is CC1(C)OCc2c(CCl)cncc2O1. The average molecular weight is 214 g/mol. The molecule has 3 nitrogen and oxygen atoms in total. The van der Waals surface area contributed by atoms with Crippen LogP contribution in [0.2, 0.25) is 0 Å². The van der Waals surface area contributed by atoms with Crippen LogP contribution in [-0.4, -0.2) is 10.8 Å². The minimum Gasteiger partial charge on any atom is -0.461 e. The van der Waals surface area contributed by atoms with Gasteiger partial charge in [-0.2, -0.15) is 0 Å². The Kier molecular flexibility index (Phi) is 2.37. The van der Waals surface area contributed by atoms with Gasteiger partial charge in [0.25, 0.3) is 0 Å². The van der Waals surface area contributed by atoms with Gasteiger partial charge in [-0.1, -0.05) is 0 Å². The van der Waals surface area contributed by atoms with Crippen LogP contribution in [0.4, 0.5) is 0 Å². The molecule has 1 aromatic rings. The Labute approximate surface area is 88.0 Å². The molecule has 1 aliphatic rings. The molecule has 0 bridgehead atoms. The predicted molar refractivity (Wildman–Crippen MR) is 53.3 cm³/mol. The van der Waals surface area contributed by atoms with E-state index >= 15 is 0 Å². The average Bonchev–Trinajstić information content (AvgIpc) is 2.15. The molecule has 0 spiro atoms. The third-order valence-corrected chi connectivity index (χ3v) is 2.46. The number of hydrogen-bond acceptors (Lipinski definition) is 3. The fourth-order valence-corrected chi connectivity index (χ4v) is 1.65. The van der Waals surface area contributed by atoms with E-state index in [4.69, 9.17) is 21.1 Å². The number of halogens is 1. The molecule has 2 heterocycles. The van der Waals surface area contributed by atoms with Gasteiger partial charge < -0.3 is 9.47 Å². The minimum absolute atomic E-state index is 0.434. The van der Waals surface area contributed by atoms with Gasteiger partial charge in [-0.25, -0.2) is 0 Å². The van der Waals surface area contributed by atoms with Crippen molar-refractivity contribution in [3.05, 3.63) is 23.5 Å². The lowest BCUT2D eigenvalue weighted by Gasteiger charge is -2.32. The minimum atomic E-state index is -0.570. The number of nitrogens with zero attached hydrogens (tertiary/aromatic N) is 1. The van der Waals surface area contributed by atoms with Crippen LogP contribution in [0.5, 0.6) is 5.75 Å². The Morgan fingerprint density at radius 2 is 2.29 bits per heavy atom. The first-order valence-electron chi connectivity index (χ1n) is 4.47. The Bertz CT molecular complexity index is 352. The van der Waals surface area contributed by atoms with Crippen LogP contribution in [-0.2, 0) is 17.2 Å². The first-order chi connectivity index (χ1) is 6.62. The maximum Gasteiger partial charge on any atom is 0.205 e. The molecule has 1 aliphatic heterocycles. The van der Waals surface area contributed by atoms with Crippen LogP contribution in [0.1, 0.15) is 25.0 Å². The Morgan fingerprint density at radius 3 is 3.00 bits per heavy atom. The van der Waals surface area contributed by atoms with E-state index in [1.54, 1.807) is 12.4 Å². The van der Waals surface area contributed by atoms with Crippen molar-refractivity contribution in [3.8, 4) is 5.75 Å². The monoisotopic (exact) mass is 213 g/mol. The Morgan fingerprint density at radius 1 is 1.50 bits per heavy atom. The second-order valence-corrected chi connectivity index (χ2v) is 3.97. The largest absolute Gasteiger partial charge is 0.461 e. The number of hydrogen-bond donors (Lipinski definition) is 0. The topological polar surface area (TPSA) is 31.4 Å². The first kappa shape index (κ1) is 9.74. The zero-order valence-electron chi connectivity index (χ0n) is 8.21. The van der Waals surface area contributed by atoms with Gasteiger partial charge in [-0.15, -0.1) is 11.6 Å². The number of alkyl halides is 1. The Hall–Kier alpha value is -0.800. The molecule has 0 unspecified atom stereocenters. The van der Waals surface area contributed by atoms with E-state index in [-0.39, 0.29) is 0 Å². The fraction of sp³-hybridized carbons (Fsp3) is 0.500. The van der Waals surface area contributed by atoms with Crippen molar-refractivity contribution >= 4 is 11.6 Å². The number of aromatic nitrogens is 1. The van der Waals surface area contributed by atoms with Gasteiger partial charge in [-0.3, -0.25) is 4.98 Å². The van der Waals surface area contributed by atoms with Gasteiger partial charge >= 0.3 is 0 Å². The molecular formula is C10H12ClNO2. The number of pyridine rings is 1. The summed E-state index contributed by atoms with van der Waals surface area (Å²) >= 11 is 5.78. The summed E-state index contributed by atoms with van der Waals surface area (Å²) in [6.45, 7) is 4.29. The zero-order valence-corrected chi connectivity index (χ0v) is 8.97. The van der Waals surface area contributed by atoms with E-state index in [1.807, 2.05) is 13.8 Å². The van der Waals surface area contributed by atoms with Crippen LogP contribution < -0.4 is 4.74 Å². The van der Waals surface area contributed by atoms with Crippen LogP contribution in [0.3, 0.4) is 0 Å². The molecule has 0 atom stereocenters. The summed E-state index contributed by atoms with van der Waals surface area (Å²) < 4.78 is 11.1. The summed E-state index contributed by atoms with van der Waals surface area (Å²) in [5.41, 5.74) is 1.98. The first-order valence-corrected chi connectivity index (χ1v) is 5.00. The third-order valence-electron chi connectivity index (χ3n) is 2.17. The highest BCUT2D eigenvalue weighted by Gasteiger charge is 2.28. The van der Waals surface area contributed by atoms with Gasteiger partial charge in [0.05, 0.1) is 12.8 Å². The summed E-state index contributed by atoms with van der Waals surface area (Å²) in [5, 5.41) is 0. The lowest BCUT2D eigenvalue weighted by molar-refractivity contribution is -0.180. The lowest BCUT2D eigenvalue weighted by Crippen LogP contribution is -2.35. The van der Waals surface area contributed by atoms with Crippen molar-refractivity contribution in [1.82, 2.24) is 4.98 Å². The molecule has 4 heteroatoms. The van der Waals surface area contributed by atoms with Gasteiger partial charge in [0.2, 0.25) is 5.79 Å². The molecule has 0 radical (unpaired) electrons. The normalized spacial score (nSPS) is 18.5. The van der Waals surface area contributed by atoms with Crippen molar-refractivity contribution in [3.63, 3.8) is 0 Å². The van der Waals surface area contributed by atoms with Gasteiger partial charge in [0.15, 0.2) is 0 Å². The van der Waals surface area contributed by atoms with E-state index in [9.17, 15) is 0 Å². The molecule has 0 aromatic carbocycles. The molecule has 0 fully saturated rings. The second kappa shape index (κ2) is 3.41. The van der Waals surface area contributed by atoms with Crippen molar-refractivity contribution in [2.45, 2.75) is 32.1 Å². The number of rotatable bonds is 1. The molecule has 0 N–H and O–H groups in total. The lowest BCUT2D eigenvalue weighted by atomic mass is 10.1. The smallest absolute Gasteiger partial charge is 0.205 e. The second-order valence-electron chi connectivity index (χ2n) is 3.70. The molecule has 76 valence electrons. The van der Waals surface area contributed by atoms with Crippen molar-refractivity contribution in [1.29, 1.82) is 0 Å². The van der Waals surface area contributed by atoms with Crippen molar-refractivity contribution in [2.75, 3.05) is 0 Å². The standard InChI is InChI=1S/C10H12ClNO2/c1-10(2)13-6-8-7(3-11)4-12-5-9(8)14-10/h4-5H,3,6H2,1-2H3. The summed E-state index contributed by atoms with van der Waals surface area (Å²) in [7, 11) is 0. The molecule has 1 aromatic heterocycles. The molecule has 0 saturated carbocycles. The fourth-order valence-electron chi connectivity index (χ4n) is 1.42. The van der Waals surface area contributed by atoms with Gasteiger partial charge in [0.1, 0.15) is 5.75 Å². The quantitative estimate of drug-likeness (QED) is 0.672. The summed E-state index contributed by atoms with van der Waals surface area (Å²) in [4.78, 5) is 4.07. The van der Waals surface area contributed by atoms with Crippen molar-refractivity contribution < 1.29 is 9.47 Å². The van der Waals surface area contributed by atoms with Crippen LogP contribution >= 0.6 is 11.6 Å².